The van der Waals surface area contributed by atoms with Crippen molar-refractivity contribution in [2.45, 2.75) is 40.0 Å². The average molecular weight is 1500 g/mol. The minimum atomic E-state index is -2.29. The zero-order valence-corrected chi connectivity index (χ0v) is 54.3. The second kappa shape index (κ2) is 22.9. The molecule has 0 spiro atoms. The molecule has 0 aliphatic heterocycles. The number of rotatable bonds is 9. The fourth-order valence-electron chi connectivity index (χ4n) is 11.9. The van der Waals surface area contributed by atoms with Gasteiger partial charge in [0.25, 0.3) is 0 Å². The van der Waals surface area contributed by atoms with Gasteiger partial charge < -0.3 is 9.13 Å². The van der Waals surface area contributed by atoms with Gasteiger partial charge in [-0.25, -0.2) is 23.7 Å². The van der Waals surface area contributed by atoms with E-state index < -0.39 is 23.1 Å². The number of para-hydroxylation sites is 7. The van der Waals surface area contributed by atoms with Crippen molar-refractivity contribution in [3.63, 3.8) is 0 Å². The van der Waals surface area contributed by atoms with Crippen LogP contribution < -0.4 is 20.7 Å². The topological polar surface area (TPSA) is 55.4 Å². The Hall–Kier alpha value is -8.37. The maximum Gasteiger partial charge on any atom is 0.188 e. The molecule has 15 aromatic rings. The Bertz CT molecular complexity index is 5120. The van der Waals surface area contributed by atoms with Gasteiger partial charge in [-0.3, -0.25) is 0 Å². The van der Waals surface area contributed by atoms with Crippen LogP contribution in [-0.2, 0) is 49.1 Å². The SMILES string of the molecule is Cc1ccnc(-n2c3[c-]c([Si](C)(C)c4[c-]c(-n5[cH+]n(-c6ccccc6)c6ccccc65)ccc4)ccc3c3ccccc32)c1.[2H]C([2H])([2H])n1[cH+]n(-c2[c-]c([Si](C)(C)c3[c-]c4c(cc3)c3ccccc3n4-c3cc(C)ccn3)ccc2)c2ccccc21.[Pt].[Pt]. The van der Waals surface area contributed by atoms with Crippen LogP contribution in [0, 0.1) is 38.1 Å². The summed E-state index contributed by atoms with van der Waals surface area (Å²) in [7, 11) is -4.50. The van der Waals surface area contributed by atoms with E-state index in [9.17, 15) is 0 Å². The molecule has 0 amide bonds. The van der Waals surface area contributed by atoms with Gasteiger partial charge >= 0.3 is 0 Å². The first-order chi connectivity index (χ1) is 41.6. The standard InChI is InChI=1S/C39H31N4Si.C34H29N4Si.2Pt/c1-28-22-23-40-39(24-28)43-35-17-8-7-16-33(35)34-21-20-32(26-38(34)43)44(2,3)31-15-11-14-30(25-31)42-27-41(29-12-5-4-6-13-29)36-18-9-10-19-37(36)42;1-24-18-19-35-34(20-24)38-30-13-6-5-12-28(30)29-17-16-27(22-33(29)38)39(3,4)26-11-9-10-25(21-26)37-23-36(2)31-14-7-8-15-32(31)37;;/h4-24,27H,1-3H3;5-20,23H,1-4H3;;/q2*-1;;/i;2D3;;. The van der Waals surface area contributed by atoms with Crippen molar-refractivity contribution in [1.82, 2.24) is 37.4 Å². The minimum Gasteiger partial charge on any atom is -0.319 e. The van der Waals surface area contributed by atoms with E-state index in [0.29, 0.717) is 5.52 Å². The first-order valence-corrected chi connectivity index (χ1v) is 34.1. The summed E-state index contributed by atoms with van der Waals surface area (Å²) in [5.74, 6) is 1.80. The second-order valence-electron chi connectivity index (χ2n) is 22.5. The van der Waals surface area contributed by atoms with Crippen molar-refractivity contribution in [2.24, 2.45) is 6.98 Å². The Morgan fingerprint density at radius 3 is 1.28 bits per heavy atom. The van der Waals surface area contributed by atoms with Crippen LogP contribution in [0.25, 0.3) is 94.4 Å². The van der Waals surface area contributed by atoms with Gasteiger partial charge in [0.2, 0.25) is 0 Å². The third-order valence-corrected chi connectivity index (χ3v) is 23.1. The minimum absolute atomic E-state index is 0. The van der Waals surface area contributed by atoms with Crippen LogP contribution in [0.3, 0.4) is 0 Å². The van der Waals surface area contributed by atoms with Crippen molar-refractivity contribution in [2.75, 3.05) is 0 Å². The molecule has 422 valence electrons. The number of hydrogen-bond acceptors (Lipinski definition) is 2. The van der Waals surface area contributed by atoms with Crippen LogP contribution >= 0.6 is 0 Å². The predicted molar refractivity (Wildman–Crippen MR) is 349 cm³/mol. The number of aryl methyl sites for hydroxylation is 3. The molecule has 0 aliphatic carbocycles. The molecular formula is C73H60N8Pt2Si2-2. The van der Waals surface area contributed by atoms with Crippen molar-refractivity contribution in [1.29, 1.82) is 0 Å². The first kappa shape index (κ1) is 53.4. The number of imidazole rings is 2. The summed E-state index contributed by atoms with van der Waals surface area (Å²) < 4.78 is 36.4. The zero-order valence-electron chi connectivity index (χ0n) is 50.7. The van der Waals surface area contributed by atoms with E-state index in [-0.39, 0.29) is 42.1 Å². The van der Waals surface area contributed by atoms with Crippen molar-refractivity contribution >= 4 is 103 Å². The normalized spacial score (nSPS) is 12.4. The molecule has 0 N–H and O–H groups in total. The smallest absolute Gasteiger partial charge is 0.188 e. The summed E-state index contributed by atoms with van der Waals surface area (Å²) in [6.07, 6.45) is 7.58. The van der Waals surface area contributed by atoms with E-state index >= 15 is 0 Å². The molecule has 0 fully saturated rings. The van der Waals surface area contributed by atoms with E-state index in [1.165, 1.54) is 36.7 Å². The Balaban J connectivity index is 0.000000168. The zero-order chi connectivity index (χ0) is 59.1. The van der Waals surface area contributed by atoms with E-state index in [0.717, 1.165) is 88.6 Å². The van der Waals surface area contributed by atoms with Gasteiger partial charge in [0, 0.05) is 112 Å². The fraction of sp³-hybridized carbons (Fsp3) is 0.0959. The molecule has 0 saturated carbocycles. The van der Waals surface area contributed by atoms with E-state index in [4.69, 9.17) is 14.1 Å². The first-order valence-electron chi connectivity index (χ1n) is 29.6. The van der Waals surface area contributed by atoms with Gasteiger partial charge in [-0.15, -0.1) is 35.0 Å². The maximum atomic E-state index is 8.05. The monoisotopic (exact) mass is 1500 g/mol. The largest absolute Gasteiger partial charge is 0.319 e. The van der Waals surface area contributed by atoms with Crippen LogP contribution in [0.5, 0.6) is 0 Å². The predicted octanol–water partition coefficient (Wildman–Crippen LogP) is 14.4. The second-order valence-corrected chi connectivity index (χ2v) is 31.2. The molecule has 12 heteroatoms. The number of hydrogen-bond donors (Lipinski definition) is 0. The molecule has 6 heterocycles. The van der Waals surface area contributed by atoms with E-state index in [1.807, 2.05) is 65.5 Å². The third kappa shape index (κ3) is 10.1. The van der Waals surface area contributed by atoms with Gasteiger partial charge in [0.15, 0.2) is 34.7 Å². The molecule has 15 rings (SSSR count). The summed E-state index contributed by atoms with van der Waals surface area (Å²) in [6, 6.07) is 88.9. The van der Waals surface area contributed by atoms with Crippen LogP contribution in [0.4, 0.5) is 0 Å². The summed E-state index contributed by atoms with van der Waals surface area (Å²) in [6.45, 7) is 11.3. The Kier molecular flexibility index (Phi) is 14.4. The van der Waals surface area contributed by atoms with Crippen molar-refractivity contribution in [3.8, 4) is 28.7 Å². The van der Waals surface area contributed by atoms with Crippen LogP contribution in [0.1, 0.15) is 15.2 Å². The molecule has 6 aromatic heterocycles. The van der Waals surface area contributed by atoms with Crippen LogP contribution in [0.2, 0.25) is 26.2 Å². The maximum absolute atomic E-state index is 8.05. The van der Waals surface area contributed by atoms with Gasteiger partial charge in [0.1, 0.15) is 17.3 Å². The third-order valence-electron chi connectivity index (χ3n) is 16.5. The molecule has 0 unspecified atom stereocenters. The van der Waals surface area contributed by atoms with Crippen LogP contribution in [0.15, 0.2) is 237 Å². The summed E-state index contributed by atoms with van der Waals surface area (Å²) in [5.41, 5.74) is 13.4. The molecule has 9 aromatic carbocycles. The number of fused-ring (bicyclic) bond motifs is 8. The number of benzene rings is 9. The molecule has 8 nitrogen and oxygen atoms in total. The Morgan fingerprint density at radius 1 is 0.388 bits per heavy atom. The van der Waals surface area contributed by atoms with E-state index in [2.05, 4.69) is 253 Å². The van der Waals surface area contributed by atoms with Gasteiger partial charge in [-0.2, -0.15) is 86.0 Å². The summed E-state index contributed by atoms with van der Waals surface area (Å²) >= 11 is 0. The average Bonchev–Trinajstić information content (AvgIpc) is 1.78. The fourth-order valence-corrected chi connectivity index (χ4v) is 16.2. The Morgan fingerprint density at radius 2 is 0.800 bits per heavy atom. The molecule has 0 bridgehead atoms. The molecule has 0 radical (unpaired) electrons. The number of nitrogens with zero attached hydrogens (tertiary/aromatic N) is 8. The number of pyridine rings is 2. The van der Waals surface area contributed by atoms with Gasteiger partial charge in [-0.05, 0) is 96.4 Å². The quantitative estimate of drug-likeness (QED) is 0.107. The van der Waals surface area contributed by atoms with Gasteiger partial charge in [-0.1, -0.05) is 104 Å². The molecular weight excluding hydrogens is 1440 g/mol. The molecule has 0 atom stereocenters. The van der Waals surface area contributed by atoms with Crippen molar-refractivity contribution in [3.05, 3.63) is 273 Å². The number of aromatic nitrogens is 8. The summed E-state index contributed by atoms with van der Waals surface area (Å²) in [4.78, 5) is 9.49. The Labute approximate surface area is 530 Å². The summed E-state index contributed by atoms with van der Waals surface area (Å²) in [5, 5.41) is 9.49. The molecule has 0 saturated heterocycles. The van der Waals surface area contributed by atoms with Gasteiger partial charge in [0.05, 0.1) is 16.1 Å². The molecule has 0 aliphatic rings. The van der Waals surface area contributed by atoms with E-state index in [1.54, 1.807) is 6.33 Å². The van der Waals surface area contributed by atoms with Crippen molar-refractivity contribution < 1.29 is 46.2 Å². The molecule has 85 heavy (non-hydrogen) atoms. The van der Waals surface area contributed by atoms with Crippen LogP contribution in [-0.4, -0.2) is 53.5 Å².